The van der Waals surface area contributed by atoms with Gasteiger partial charge in [-0.25, -0.2) is 0 Å². The van der Waals surface area contributed by atoms with Crippen LogP contribution in [0, 0.1) is 0 Å². The molecule has 5 nitrogen and oxygen atoms in total. The van der Waals surface area contributed by atoms with Crippen LogP contribution in [0.2, 0.25) is 0 Å². The number of alkyl halides is 3. The Morgan fingerprint density at radius 1 is 1.16 bits per heavy atom. The molecule has 2 aromatic heterocycles. The molecule has 0 fully saturated rings. The normalized spacial score (nSPS) is 16.0. The van der Waals surface area contributed by atoms with Gasteiger partial charge in [-0.3, -0.25) is 9.59 Å². The van der Waals surface area contributed by atoms with Crippen LogP contribution in [0.25, 0.3) is 0 Å². The summed E-state index contributed by atoms with van der Waals surface area (Å²) < 4.78 is 44.1. The van der Waals surface area contributed by atoms with Crippen molar-refractivity contribution in [3.05, 3.63) is 70.3 Å². The van der Waals surface area contributed by atoms with Gasteiger partial charge in [0.25, 0.3) is 0 Å². The zero-order valence-corrected chi connectivity index (χ0v) is 17.7. The van der Waals surface area contributed by atoms with E-state index in [0.717, 1.165) is 28.8 Å². The van der Waals surface area contributed by atoms with Gasteiger partial charge in [-0.05, 0) is 41.8 Å². The van der Waals surface area contributed by atoms with Crippen molar-refractivity contribution >= 4 is 40.6 Å². The minimum atomic E-state index is -4.49. The number of carbonyl (C=O) groups is 2. The van der Waals surface area contributed by atoms with Gasteiger partial charge < -0.3 is 14.6 Å². The molecular weight excluding hydrogens is 449 g/mol. The number of benzene rings is 1. The first-order valence-corrected chi connectivity index (χ1v) is 11.1. The molecule has 10 heteroatoms. The van der Waals surface area contributed by atoms with Crippen LogP contribution in [0.3, 0.4) is 0 Å². The number of nitrogens with one attached hydrogen (secondary N) is 1. The molecule has 1 aliphatic heterocycles. The number of anilines is 1. The highest BCUT2D eigenvalue weighted by atomic mass is 32.2. The number of rotatable bonds is 6. The Labute approximate surface area is 184 Å². The number of hydrogen-bond donors (Lipinski definition) is 1. The van der Waals surface area contributed by atoms with Crippen LogP contribution in [0.1, 0.15) is 22.6 Å². The predicted octanol–water partition coefficient (Wildman–Crippen LogP) is 5.39. The molecular formula is C21H17F3N2O3S2. The number of thioether (sulfide) groups is 1. The Hall–Kier alpha value is -2.72. The first kappa shape index (κ1) is 21.5. The fourth-order valence-electron chi connectivity index (χ4n) is 3.16. The third-order valence-electron chi connectivity index (χ3n) is 4.69. The number of furan rings is 1. The lowest BCUT2D eigenvalue weighted by Gasteiger charge is -2.27. The van der Waals surface area contributed by atoms with E-state index in [0.29, 0.717) is 17.2 Å². The van der Waals surface area contributed by atoms with Gasteiger partial charge in [0.2, 0.25) is 11.8 Å². The molecule has 0 unspecified atom stereocenters. The summed E-state index contributed by atoms with van der Waals surface area (Å²) in [6.45, 7) is 0.635. The summed E-state index contributed by atoms with van der Waals surface area (Å²) in [6, 6.07) is 10.5. The van der Waals surface area contributed by atoms with Gasteiger partial charge in [-0.2, -0.15) is 13.2 Å². The molecule has 2 amide bonds. The van der Waals surface area contributed by atoms with Crippen LogP contribution in [-0.2, 0) is 28.9 Å². The van der Waals surface area contributed by atoms with E-state index in [1.807, 2.05) is 17.5 Å². The number of carbonyl (C=O) groups excluding carboxylic acids is 2. The van der Waals surface area contributed by atoms with Crippen LogP contribution in [0.5, 0.6) is 0 Å². The third-order valence-corrected chi connectivity index (χ3v) is 6.83. The van der Waals surface area contributed by atoms with E-state index in [4.69, 9.17) is 4.42 Å². The standard InChI is InChI=1S/C21H17F3N2O3S2/c22-21(23,24)13-5-6-17-16(9-13)25-20(28)18(31-17)10-19(27)26(11-14-3-1-7-29-14)12-15-4-2-8-30-15/h1-9,18H,10-12H2,(H,25,28)/t18-/m1/s1. The molecule has 3 heterocycles. The summed E-state index contributed by atoms with van der Waals surface area (Å²) in [5.41, 5.74) is -0.721. The summed E-state index contributed by atoms with van der Waals surface area (Å²) in [7, 11) is 0. The fraction of sp³-hybridized carbons (Fsp3) is 0.238. The molecule has 162 valence electrons. The molecule has 1 N–H and O–H groups in total. The molecule has 0 bridgehead atoms. The minimum absolute atomic E-state index is 0.0803. The smallest absolute Gasteiger partial charge is 0.416 e. The van der Waals surface area contributed by atoms with Gasteiger partial charge in [0.1, 0.15) is 5.76 Å². The second kappa shape index (κ2) is 8.80. The molecule has 31 heavy (non-hydrogen) atoms. The fourth-order valence-corrected chi connectivity index (χ4v) is 4.96. The molecule has 0 spiro atoms. The second-order valence-electron chi connectivity index (χ2n) is 6.92. The van der Waals surface area contributed by atoms with Crippen molar-refractivity contribution in [2.24, 2.45) is 0 Å². The maximum atomic E-state index is 13.1. The predicted molar refractivity (Wildman–Crippen MR) is 112 cm³/mol. The summed E-state index contributed by atoms with van der Waals surface area (Å²) in [5.74, 6) is -0.109. The monoisotopic (exact) mass is 466 g/mol. The highest BCUT2D eigenvalue weighted by molar-refractivity contribution is 8.01. The lowest BCUT2D eigenvalue weighted by atomic mass is 10.1. The Morgan fingerprint density at radius 3 is 2.68 bits per heavy atom. The van der Waals surface area contributed by atoms with E-state index in [1.165, 1.54) is 23.7 Å². The molecule has 1 aromatic carbocycles. The molecule has 1 atom stereocenters. The van der Waals surface area contributed by atoms with Gasteiger partial charge in [0, 0.05) is 16.2 Å². The lowest BCUT2D eigenvalue weighted by Crippen LogP contribution is -2.37. The second-order valence-corrected chi connectivity index (χ2v) is 9.19. The number of nitrogens with zero attached hydrogens (tertiary/aromatic N) is 1. The number of halogens is 3. The van der Waals surface area contributed by atoms with Crippen molar-refractivity contribution in [3.8, 4) is 0 Å². The van der Waals surface area contributed by atoms with Crippen LogP contribution < -0.4 is 5.32 Å². The minimum Gasteiger partial charge on any atom is -0.467 e. The molecule has 1 aliphatic rings. The Morgan fingerprint density at radius 2 is 2.00 bits per heavy atom. The SMILES string of the molecule is O=C1Nc2cc(C(F)(F)F)ccc2S[C@@H]1CC(=O)N(Cc1ccco1)Cc1cccs1. The molecule has 0 saturated heterocycles. The lowest BCUT2D eigenvalue weighted by molar-refractivity contribution is -0.137. The van der Waals surface area contributed by atoms with Gasteiger partial charge >= 0.3 is 6.18 Å². The first-order valence-electron chi connectivity index (χ1n) is 9.31. The summed E-state index contributed by atoms with van der Waals surface area (Å²) in [6.07, 6.45) is -3.05. The van der Waals surface area contributed by atoms with E-state index in [2.05, 4.69) is 5.32 Å². The quantitative estimate of drug-likeness (QED) is 0.529. The van der Waals surface area contributed by atoms with E-state index >= 15 is 0 Å². The summed E-state index contributed by atoms with van der Waals surface area (Å²) in [4.78, 5) is 28.7. The molecule has 3 aromatic rings. The topological polar surface area (TPSA) is 62.6 Å². The molecule has 4 rings (SSSR count). The van der Waals surface area contributed by atoms with Crippen molar-refractivity contribution in [1.82, 2.24) is 4.90 Å². The highest BCUT2D eigenvalue weighted by Gasteiger charge is 2.35. The largest absolute Gasteiger partial charge is 0.467 e. The van der Waals surface area contributed by atoms with Crippen molar-refractivity contribution in [2.75, 3.05) is 5.32 Å². The Kier molecular flexibility index (Phi) is 6.10. The third kappa shape index (κ3) is 5.13. The van der Waals surface area contributed by atoms with Crippen molar-refractivity contribution in [1.29, 1.82) is 0 Å². The van der Waals surface area contributed by atoms with Crippen molar-refractivity contribution in [2.45, 2.75) is 35.8 Å². The number of amides is 2. The van der Waals surface area contributed by atoms with Crippen LogP contribution in [-0.4, -0.2) is 22.0 Å². The van der Waals surface area contributed by atoms with Crippen LogP contribution in [0.15, 0.2) is 63.4 Å². The van der Waals surface area contributed by atoms with Gasteiger partial charge in [0.05, 0.1) is 35.9 Å². The highest BCUT2D eigenvalue weighted by Crippen LogP contribution is 2.40. The molecule has 0 saturated carbocycles. The maximum absolute atomic E-state index is 13.1. The van der Waals surface area contributed by atoms with Gasteiger partial charge in [0.15, 0.2) is 0 Å². The van der Waals surface area contributed by atoms with Crippen molar-refractivity contribution < 1.29 is 27.2 Å². The zero-order chi connectivity index (χ0) is 22.0. The van der Waals surface area contributed by atoms with E-state index < -0.39 is 22.9 Å². The van der Waals surface area contributed by atoms with E-state index in [1.54, 1.807) is 17.0 Å². The van der Waals surface area contributed by atoms with Crippen LogP contribution >= 0.6 is 23.1 Å². The number of hydrogen-bond acceptors (Lipinski definition) is 5. The zero-order valence-electron chi connectivity index (χ0n) is 16.0. The number of thiophene rings is 1. The Balaban J connectivity index is 1.48. The molecule has 0 radical (unpaired) electrons. The summed E-state index contributed by atoms with van der Waals surface area (Å²) in [5, 5.41) is 3.69. The van der Waals surface area contributed by atoms with Gasteiger partial charge in [-0.15, -0.1) is 23.1 Å². The average Bonchev–Trinajstić information content (AvgIpc) is 3.41. The van der Waals surface area contributed by atoms with E-state index in [-0.39, 0.29) is 24.6 Å². The Bertz CT molecular complexity index is 1030. The van der Waals surface area contributed by atoms with Crippen molar-refractivity contribution in [3.63, 3.8) is 0 Å². The first-order chi connectivity index (χ1) is 14.8. The van der Waals surface area contributed by atoms with Crippen LogP contribution in [0.4, 0.5) is 18.9 Å². The van der Waals surface area contributed by atoms with Gasteiger partial charge in [-0.1, -0.05) is 6.07 Å². The number of fused-ring (bicyclic) bond motifs is 1. The average molecular weight is 467 g/mol. The summed E-state index contributed by atoms with van der Waals surface area (Å²) >= 11 is 2.62. The maximum Gasteiger partial charge on any atom is 0.416 e. The van der Waals surface area contributed by atoms with E-state index in [9.17, 15) is 22.8 Å². The molecule has 0 aliphatic carbocycles.